The fourth-order valence-electron chi connectivity index (χ4n) is 1.63. The van der Waals surface area contributed by atoms with Gasteiger partial charge in [0.2, 0.25) is 0 Å². The minimum Gasteiger partial charge on any atom is -0.491 e. The Morgan fingerprint density at radius 3 is 3.14 bits per heavy atom. The van der Waals surface area contributed by atoms with Crippen LogP contribution in [0, 0.1) is 0 Å². The summed E-state index contributed by atoms with van der Waals surface area (Å²) in [6.45, 7) is 1.72. The highest BCUT2D eigenvalue weighted by molar-refractivity contribution is 5.79. The molecule has 3 heteroatoms. The lowest BCUT2D eigenvalue weighted by Gasteiger charge is -2.17. The van der Waals surface area contributed by atoms with Gasteiger partial charge in [0.1, 0.15) is 12.0 Å². The first-order valence-corrected chi connectivity index (χ1v) is 4.74. The highest BCUT2D eigenvalue weighted by Gasteiger charge is 2.13. The summed E-state index contributed by atoms with van der Waals surface area (Å²) in [5, 5.41) is 0. The molecule has 3 nitrogen and oxygen atoms in total. The second-order valence-corrected chi connectivity index (χ2v) is 3.47. The molecule has 0 fully saturated rings. The van der Waals surface area contributed by atoms with Gasteiger partial charge in [-0.05, 0) is 24.6 Å². The number of carbonyl (C=O) groups excluding carboxylic acids is 1. The zero-order valence-electron chi connectivity index (χ0n) is 8.19. The van der Waals surface area contributed by atoms with E-state index in [0.717, 1.165) is 37.3 Å². The number of rotatable bonds is 1. The van der Waals surface area contributed by atoms with Crippen LogP contribution in [0.25, 0.3) is 0 Å². The van der Waals surface area contributed by atoms with Crippen molar-refractivity contribution in [3.63, 3.8) is 0 Å². The van der Waals surface area contributed by atoms with Crippen LogP contribution in [-0.2, 0) is 0 Å². The lowest BCUT2D eigenvalue weighted by Crippen LogP contribution is -2.17. The summed E-state index contributed by atoms with van der Waals surface area (Å²) in [6, 6.07) is 5.51. The zero-order chi connectivity index (χ0) is 9.97. The molecule has 0 aromatic heterocycles. The van der Waals surface area contributed by atoms with Gasteiger partial charge < -0.3 is 9.64 Å². The van der Waals surface area contributed by atoms with Crippen LogP contribution in [0.3, 0.4) is 0 Å². The van der Waals surface area contributed by atoms with Gasteiger partial charge in [-0.25, -0.2) is 0 Å². The first-order valence-electron chi connectivity index (χ1n) is 4.74. The molecule has 1 heterocycles. The number of aldehydes is 1. The molecule has 0 amide bonds. The Kier molecular flexibility index (Phi) is 2.39. The molecule has 0 radical (unpaired) electrons. The third-order valence-corrected chi connectivity index (χ3v) is 2.43. The molecule has 0 bridgehead atoms. The van der Waals surface area contributed by atoms with Crippen LogP contribution in [0.2, 0.25) is 0 Å². The van der Waals surface area contributed by atoms with E-state index in [0.29, 0.717) is 5.56 Å². The maximum atomic E-state index is 10.6. The van der Waals surface area contributed by atoms with E-state index in [2.05, 4.69) is 4.90 Å². The molecule has 1 aromatic carbocycles. The standard InChI is InChI=1S/C11H13NO2/c1-12-5-2-6-14-11-4-3-9(8-13)7-10(11)12/h3-4,7-8H,2,5-6H2,1H3. The van der Waals surface area contributed by atoms with E-state index in [9.17, 15) is 4.79 Å². The van der Waals surface area contributed by atoms with E-state index >= 15 is 0 Å². The largest absolute Gasteiger partial charge is 0.491 e. The van der Waals surface area contributed by atoms with Crippen molar-refractivity contribution in [1.82, 2.24) is 0 Å². The lowest BCUT2D eigenvalue weighted by molar-refractivity contribution is 0.112. The van der Waals surface area contributed by atoms with Gasteiger partial charge in [0.05, 0.1) is 12.3 Å². The summed E-state index contributed by atoms with van der Waals surface area (Å²) in [5.74, 6) is 0.871. The summed E-state index contributed by atoms with van der Waals surface area (Å²) >= 11 is 0. The minimum absolute atomic E-state index is 0.695. The highest BCUT2D eigenvalue weighted by Crippen LogP contribution is 2.30. The summed E-state index contributed by atoms with van der Waals surface area (Å²) < 4.78 is 5.56. The van der Waals surface area contributed by atoms with Gasteiger partial charge in [-0.1, -0.05) is 0 Å². The SMILES string of the molecule is CN1CCCOc2ccc(C=O)cc21. The number of nitrogens with zero attached hydrogens (tertiary/aromatic N) is 1. The van der Waals surface area contributed by atoms with Crippen LogP contribution in [0.5, 0.6) is 5.75 Å². The van der Waals surface area contributed by atoms with Crippen molar-refractivity contribution in [3.05, 3.63) is 23.8 Å². The highest BCUT2D eigenvalue weighted by atomic mass is 16.5. The van der Waals surface area contributed by atoms with Gasteiger partial charge in [-0.15, -0.1) is 0 Å². The molecule has 2 rings (SSSR count). The Morgan fingerprint density at radius 2 is 2.36 bits per heavy atom. The fourth-order valence-corrected chi connectivity index (χ4v) is 1.63. The van der Waals surface area contributed by atoms with E-state index in [-0.39, 0.29) is 0 Å². The van der Waals surface area contributed by atoms with Gasteiger partial charge >= 0.3 is 0 Å². The Hall–Kier alpha value is -1.51. The topological polar surface area (TPSA) is 29.5 Å². The number of benzene rings is 1. The van der Waals surface area contributed by atoms with Crippen molar-refractivity contribution in [3.8, 4) is 5.75 Å². The number of carbonyl (C=O) groups is 1. The number of fused-ring (bicyclic) bond motifs is 1. The quantitative estimate of drug-likeness (QED) is 0.633. The number of hydrogen-bond donors (Lipinski definition) is 0. The molecule has 0 unspecified atom stereocenters. The molecule has 1 aliphatic rings. The Bertz CT molecular complexity index is 349. The molecule has 74 valence electrons. The van der Waals surface area contributed by atoms with Crippen molar-refractivity contribution in [2.45, 2.75) is 6.42 Å². The summed E-state index contributed by atoms with van der Waals surface area (Å²) in [6.07, 6.45) is 1.88. The van der Waals surface area contributed by atoms with E-state index in [4.69, 9.17) is 4.74 Å². The zero-order valence-corrected chi connectivity index (χ0v) is 8.19. The van der Waals surface area contributed by atoms with Crippen molar-refractivity contribution in [1.29, 1.82) is 0 Å². The molecule has 0 aliphatic carbocycles. The third-order valence-electron chi connectivity index (χ3n) is 2.43. The molecule has 0 saturated carbocycles. The van der Waals surface area contributed by atoms with Crippen LogP contribution in [0.15, 0.2) is 18.2 Å². The van der Waals surface area contributed by atoms with Crippen LogP contribution >= 0.6 is 0 Å². The Morgan fingerprint density at radius 1 is 1.50 bits per heavy atom. The first-order chi connectivity index (χ1) is 6.81. The lowest BCUT2D eigenvalue weighted by atomic mass is 10.2. The fraction of sp³-hybridized carbons (Fsp3) is 0.364. The van der Waals surface area contributed by atoms with Gasteiger partial charge in [-0.2, -0.15) is 0 Å². The van der Waals surface area contributed by atoms with Gasteiger partial charge in [0.25, 0.3) is 0 Å². The van der Waals surface area contributed by atoms with Crippen molar-refractivity contribution < 1.29 is 9.53 Å². The van der Waals surface area contributed by atoms with Crippen molar-refractivity contribution >= 4 is 12.0 Å². The average molecular weight is 191 g/mol. The van der Waals surface area contributed by atoms with E-state index in [1.165, 1.54) is 0 Å². The Balaban J connectivity index is 2.44. The maximum Gasteiger partial charge on any atom is 0.150 e. The maximum absolute atomic E-state index is 10.6. The van der Waals surface area contributed by atoms with Crippen LogP contribution < -0.4 is 9.64 Å². The second-order valence-electron chi connectivity index (χ2n) is 3.47. The van der Waals surface area contributed by atoms with E-state index in [1.54, 1.807) is 6.07 Å². The van der Waals surface area contributed by atoms with Gasteiger partial charge in [0.15, 0.2) is 0 Å². The van der Waals surface area contributed by atoms with E-state index in [1.807, 2.05) is 19.2 Å². The van der Waals surface area contributed by atoms with Crippen LogP contribution in [0.1, 0.15) is 16.8 Å². The predicted molar refractivity (Wildman–Crippen MR) is 55.2 cm³/mol. The normalized spacial score (nSPS) is 15.4. The van der Waals surface area contributed by atoms with Crippen molar-refractivity contribution in [2.24, 2.45) is 0 Å². The summed E-state index contributed by atoms with van der Waals surface area (Å²) in [5.41, 5.74) is 1.70. The molecular formula is C11H13NO2. The molecule has 0 spiro atoms. The van der Waals surface area contributed by atoms with Gasteiger partial charge in [0, 0.05) is 19.2 Å². The molecule has 14 heavy (non-hydrogen) atoms. The molecule has 1 aromatic rings. The van der Waals surface area contributed by atoms with Crippen molar-refractivity contribution in [2.75, 3.05) is 25.1 Å². The predicted octanol–water partition coefficient (Wildman–Crippen LogP) is 1.72. The number of hydrogen-bond acceptors (Lipinski definition) is 3. The molecule has 1 aliphatic heterocycles. The smallest absolute Gasteiger partial charge is 0.150 e. The third kappa shape index (κ3) is 1.58. The number of ether oxygens (including phenoxy) is 1. The number of anilines is 1. The van der Waals surface area contributed by atoms with Crippen LogP contribution in [-0.4, -0.2) is 26.5 Å². The first kappa shape index (κ1) is 9.06. The minimum atomic E-state index is 0.695. The summed E-state index contributed by atoms with van der Waals surface area (Å²) in [4.78, 5) is 12.7. The second kappa shape index (κ2) is 3.70. The monoisotopic (exact) mass is 191 g/mol. The average Bonchev–Trinajstić information content (AvgIpc) is 2.40. The van der Waals surface area contributed by atoms with E-state index < -0.39 is 0 Å². The van der Waals surface area contributed by atoms with Gasteiger partial charge in [-0.3, -0.25) is 4.79 Å². The summed E-state index contributed by atoms with van der Waals surface area (Å²) in [7, 11) is 2.02. The van der Waals surface area contributed by atoms with Crippen LogP contribution in [0.4, 0.5) is 5.69 Å². The molecule has 0 saturated heterocycles. The molecule has 0 atom stereocenters. The Labute approximate surface area is 83.3 Å². The molecule has 0 N–H and O–H groups in total. The molecular weight excluding hydrogens is 178 g/mol.